The Kier molecular flexibility index (Phi) is 4.43. The molecule has 0 radical (unpaired) electrons. The first-order chi connectivity index (χ1) is 6.22. The number of hydrogen-bond acceptors (Lipinski definition) is 2. The molecule has 0 heterocycles. The van der Waals surface area contributed by atoms with Gasteiger partial charge in [-0.25, -0.2) is 0 Å². The van der Waals surface area contributed by atoms with E-state index in [4.69, 9.17) is 0 Å². The highest BCUT2D eigenvalue weighted by molar-refractivity contribution is 5.79. The summed E-state index contributed by atoms with van der Waals surface area (Å²) in [4.78, 5) is 11.0. The topological polar surface area (TPSA) is 29.1 Å². The molecule has 0 bridgehead atoms. The molecule has 1 unspecified atom stereocenters. The zero-order valence-electron chi connectivity index (χ0n) is 8.81. The Bertz CT molecular complexity index is 157. The molecule has 76 valence electrons. The second kappa shape index (κ2) is 5.38. The summed E-state index contributed by atoms with van der Waals surface area (Å²) in [7, 11) is 0. The first-order valence-corrected chi connectivity index (χ1v) is 5.47. The second-order valence-corrected chi connectivity index (χ2v) is 4.20. The van der Waals surface area contributed by atoms with Gasteiger partial charge in [0, 0.05) is 18.9 Å². The Morgan fingerprint density at radius 3 is 2.62 bits per heavy atom. The SMILES string of the molecule is CCC(C)NCC1CCC(=O)CC1. The van der Waals surface area contributed by atoms with Crippen molar-refractivity contribution in [2.24, 2.45) is 5.92 Å². The van der Waals surface area contributed by atoms with E-state index in [-0.39, 0.29) is 0 Å². The van der Waals surface area contributed by atoms with Gasteiger partial charge in [0.1, 0.15) is 5.78 Å². The quantitative estimate of drug-likeness (QED) is 0.723. The number of ketones is 1. The van der Waals surface area contributed by atoms with Crippen molar-refractivity contribution < 1.29 is 4.79 Å². The van der Waals surface area contributed by atoms with Crippen molar-refractivity contribution >= 4 is 5.78 Å². The molecule has 1 aliphatic rings. The maximum absolute atomic E-state index is 11.0. The summed E-state index contributed by atoms with van der Waals surface area (Å²) in [5.41, 5.74) is 0. The van der Waals surface area contributed by atoms with Crippen LogP contribution in [0, 0.1) is 5.92 Å². The Morgan fingerprint density at radius 1 is 1.46 bits per heavy atom. The number of rotatable bonds is 4. The zero-order chi connectivity index (χ0) is 9.68. The van der Waals surface area contributed by atoms with E-state index in [1.807, 2.05) is 0 Å². The van der Waals surface area contributed by atoms with E-state index in [0.717, 1.165) is 38.1 Å². The lowest BCUT2D eigenvalue weighted by Crippen LogP contribution is -2.32. The summed E-state index contributed by atoms with van der Waals surface area (Å²) in [5, 5.41) is 3.51. The van der Waals surface area contributed by atoms with Crippen molar-refractivity contribution in [2.45, 2.75) is 52.0 Å². The normalized spacial score (nSPS) is 21.8. The van der Waals surface area contributed by atoms with Crippen molar-refractivity contribution in [1.29, 1.82) is 0 Å². The van der Waals surface area contributed by atoms with Gasteiger partial charge < -0.3 is 5.32 Å². The van der Waals surface area contributed by atoms with Crippen LogP contribution in [0.1, 0.15) is 46.0 Å². The summed E-state index contributed by atoms with van der Waals surface area (Å²) >= 11 is 0. The molecule has 1 atom stereocenters. The minimum Gasteiger partial charge on any atom is -0.314 e. The largest absolute Gasteiger partial charge is 0.314 e. The monoisotopic (exact) mass is 183 g/mol. The lowest BCUT2D eigenvalue weighted by molar-refractivity contribution is -0.120. The van der Waals surface area contributed by atoms with Gasteiger partial charge in [-0.15, -0.1) is 0 Å². The van der Waals surface area contributed by atoms with Crippen LogP contribution in [0.2, 0.25) is 0 Å². The molecule has 1 aliphatic carbocycles. The Labute approximate surface area is 81.1 Å². The number of nitrogens with one attached hydrogen (secondary N) is 1. The molecule has 0 spiro atoms. The van der Waals surface area contributed by atoms with Crippen LogP contribution in [-0.4, -0.2) is 18.4 Å². The van der Waals surface area contributed by atoms with E-state index in [9.17, 15) is 4.79 Å². The molecular formula is C11H21NO. The maximum atomic E-state index is 11.0. The van der Waals surface area contributed by atoms with Crippen LogP contribution in [0.15, 0.2) is 0 Å². The van der Waals surface area contributed by atoms with Gasteiger partial charge in [-0.1, -0.05) is 6.92 Å². The standard InChI is InChI=1S/C11H21NO/c1-3-9(2)12-8-10-4-6-11(13)7-5-10/h9-10,12H,3-8H2,1-2H3. The summed E-state index contributed by atoms with van der Waals surface area (Å²) in [6, 6.07) is 0.623. The van der Waals surface area contributed by atoms with Crippen LogP contribution >= 0.6 is 0 Å². The summed E-state index contributed by atoms with van der Waals surface area (Å²) in [5.74, 6) is 1.20. The highest BCUT2D eigenvalue weighted by Crippen LogP contribution is 2.20. The third kappa shape index (κ3) is 3.90. The van der Waals surface area contributed by atoms with Crippen LogP contribution in [0.5, 0.6) is 0 Å². The lowest BCUT2D eigenvalue weighted by Gasteiger charge is -2.23. The highest BCUT2D eigenvalue weighted by Gasteiger charge is 2.18. The third-order valence-electron chi connectivity index (χ3n) is 3.03. The lowest BCUT2D eigenvalue weighted by atomic mass is 9.88. The molecule has 0 amide bonds. The van der Waals surface area contributed by atoms with Gasteiger partial charge in [0.2, 0.25) is 0 Å². The number of carbonyl (C=O) groups is 1. The predicted octanol–water partition coefficient (Wildman–Crippen LogP) is 2.13. The fourth-order valence-corrected chi connectivity index (χ4v) is 1.72. The van der Waals surface area contributed by atoms with Gasteiger partial charge in [-0.3, -0.25) is 4.79 Å². The van der Waals surface area contributed by atoms with Crippen LogP contribution in [-0.2, 0) is 4.79 Å². The fourth-order valence-electron chi connectivity index (χ4n) is 1.72. The molecule has 1 N–H and O–H groups in total. The molecule has 2 heteroatoms. The van der Waals surface area contributed by atoms with Crippen molar-refractivity contribution in [2.75, 3.05) is 6.54 Å². The van der Waals surface area contributed by atoms with Gasteiger partial charge in [0.25, 0.3) is 0 Å². The Balaban J connectivity index is 2.12. The molecule has 0 aromatic rings. The van der Waals surface area contributed by atoms with Gasteiger partial charge in [0.05, 0.1) is 0 Å². The molecular weight excluding hydrogens is 162 g/mol. The summed E-state index contributed by atoms with van der Waals surface area (Å²) in [6.45, 7) is 5.51. The number of Topliss-reactive ketones (excluding diaryl/α,β-unsaturated/α-hetero) is 1. The first-order valence-electron chi connectivity index (χ1n) is 5.47. The molecule has 1 fully saturated rings. The number of hydrogen-bond donors (Lipinski definition) is 1. The molecule has 0 aliphatic heterocycles. The van der Waals surface area contributed by atoms with E-state index < -0.39 is 0 Å². The number of carbonyl (C=O) groups excluding carboxylic acids is 1. The van der Waals surface area contributed by atoms with E-state index >= 15 is 0 Å². The van der Waals surface area contributed by atoms with Gasteiger partial charge >= 0.3 is 0 Å². The van der Waals surface area contributed by atoms with Gasteiger partial charge in [-0.05, 0) is 38.6 Å². The molecule has 1 rings (SSSR count). The zero-order valence-corrected chi connectivity index (χ0v) is 8.81. The van der Waals surface area contributed by atoms with Gasteiger partial charge in [0.15, 0.2) is 0 Å². The molecule has 13 heavy (non-hydrogen) atoms. The van der Waals surface area contributed by atoms with Crippen LogP contribution < -0.4 is 5.32 Å². The Hall–Kier alpha value is -0.370. The first kappa shape index (κ1) is 10.7. The summed E-state index contributed by atoms with van der Waals surface area (Å²) < 4.78 is 0. The van der Waals surface area contributed by atoms with Crippen molar-refractivity contribution in [3.8, 4) is 0 Å². The van der Waals surface area contributed by atoms with Crippen LogP contribution in [0.25, 0.3) is 0 Å². The van der Waals surface area contributed by atoms with Crippen molar-refractivity contribution in [1.82, 2.24) is 5.32 Å². The predicted molar refractivity (Wildman–Crippen MR) is 54.7 cm³/mol. The smallest absolute Gasteiger partial charge is 0.132 e. The van der Waals surface area contributed by atoms with Gasteiger partial charge in [-0.2, -0.15) is 0 Å². The van der Waals surface area contributed by atoms with Crippen LogP contribution in [0.3, 0.4) is 0 Å². The molecule has 0 saturated heterocycles. The van der Waals surface area contributed by atoms with E-state index in [2.05, 4.69) is 19.2 Å². The summed E-state index contributed by atoms with van der Waals surface area (Å²) in [6.07, 6.45) is 5.01. The minimum absolute atomic E-state index is 0.458. The maximum Gasteiger partial charge on any atom is 0.132 e. The van der Waals surface area contributed by atoms with Crippen molar-refractivity contribution in [3.63, 3.8) is 0 Å². The highest BCUT2D eigenvalue weighted by atomic mass is 16.1. The minimum atomic E-state index is 0.458. The molecule has 0 aromatic heterocycles. The van der Waals surface area contributed by atoms with E-state index in [0.29, 0.717) is 11.8 Å². The Morgan fingerprint density at radius 2 is 2.08 bits per heavy atom. The second-order valence-electron chi connectivity index (χ2n) is 4.20. The van der Waals surface area contributed by atoms with E-state index in [1.165, 1.54) is 6.42 Å². The molecule has 1 saturated carbocycles. The average molecular weight is 183 g/mol. The molecule has 0 aromatic carbocycles. The van der Waals surface area contributed by atoms with Crippen molar-refractivity contribution in [3.05, 3.63) is 0 Å². The molecule has 2 nitrogen and oxygen atoms in total. The fraction of sp³-hybridized carbons (Fsp3) is 0.909. The average Bonchev–Trinajstić information content (AvgIpc) is 2.16. The van der Waals surface area contributed by atoms with E-state index in [1.54, 1.807) is 0 Å². The third-order valence-corrected chi connectivity index (χ3v) is 3.03. The van der Waals surface area contributed by atoms with Crippen LogP contribution in [0.4, 0.5) is 0 Å².